The summed E-state index contributed by atoms with van der Waals surface area (Å²) in [5.41, 5.74) is 1.98. The van der Waals surface area contributed by atoms with E-state index in [2.05, 4.69) is 5.32 Å². The van der Waals surface area contributed by atoms with Gasteiger partial charge in [0.15, 0.2) is 13.3 Å². The molecule has 2 aromatic carbocycles. The molecule has 0 saturated heterocycles. The van der Waals surface area contributed by atoms with Gasteiger partial charge in [0.05, 0.1) is 31.3 Å². The van der Waals surface area contributed by atoms with E-state index in [0.717, 1.165) is 4.90 Å². The van der Waals surface area contributed by atoms with Crippen LogP contribution in [0.3, 0.4) is 0 Å². The smallest absolute Gasteiger partial charge is 0.279 e. The monoisotopic (exact) mass is 388 g/mol. The van der Waals surface area contributed by atoms with Gasteiger partial charge >= 0.3 is 0 Å². The number of carbonyl (C=O) groups excluding carboxylic acids is 1. The molecule has 0 spiro atoms. The Labute approximate surface area is 162 Å². The van der Waals surface area contributed by atoms with Crippen molar-refractivity contribution < 1.29 is 28.8 Å². The maximum atomic E-state index is 12.3. The molecule has 0 aromatic heterocycles. The fourth-order valence-electron chi connectivity index (χ4n) is 3.06. The quantitative estimate of drug-likeness (QED) is 0.544. The summed E-state index contributed by atoms with van der Waals surface area (Å²) in [6.07, 6.45) is 0. The number of anilines is 1. The third-order valence-electron chi connectivity index (χ3n) is 4.31. The minimum absolute atomic E-state index is 0.0154. The molecule has 1 amide bonds. The molecule has 3 rings (SSSR count). The Morgan fingerprint density at radius 2 is 2.07 bits per heavy atom. The number of carbonyl (C=O) groups is 1. The summed E-state index contributed by atoms with van der Waals surface area (Å²) in [6, 6.07) is 10.0. The highest BCUT2D eigenvalue weighted by Gasteiger charge is 2.23. The van der Waals surface area contributed by atoms with Gasteiger partial charge in [-0.3, -0.25) is 14.9 Å². The highest BCUT2D eigenvalue weighted by atomic mass is 16.7. The fourth-order valence-corrected chi connectivity index (χ4v) is 3.06. The van der Waals surface area contributed by atoms with Gasteiger partial charge in [0, 0.05) is 23.4 Å². The maximum absolute atomic E-state index is 12.3. The number of quaternary nitrogens is 1. The number of rotatable bonds is 7. The number of benzene rings is 2. The number of nitro groups is 1. The van der Waals surface area contributed by atoms with Crippen molar-refractivity contribution in [2.75, 3.05) is 32.8 Å². The molecule has 1 aliphatic rings. The van der Waals surface area contributed by atoms with Crippen molar-refractivity contribution in [3.8, 4) is 11.5 Å². The topological polar surface area (TPSA) is 104 Å². The van der Waals surface area contributed by atoms with Crippen LogP contribution in [0.1, 0.15) is 11.1 Å². The lowest BCUT2D eigenvalue weighted by Crippen LogP contribution is -3.08. The van der Waals surface area contributed by atoms with Gasteiger partial charge in [0.2, 0.25) is 0 Å². The Bertz CT molecular complexity index is 869. The van der Waals surface area contributed by atoms with Crippen LogP contribution in [-0.2, 0) is 22.7 Å². The van der Waals surface area contributed by atoms with E-state index in [0.29, 0.717) is 34.9 Å². The Kier molecular flexibility index (Phi) is 6.07. The molecular weight excluding hydrogens is 366 g/mol. The standard InChI is InChI=1S/C19H21N3O6/c1-21(10-18(23)20-15-3-5-17(26-2)6-4-15)9-13-7-16(22(24)25)8-14-11-27-12-28-19(13)14/h3-8H,9-12H2,1-2H3,(H,20,23)/p+1. The number of nitrogens with one attached hydrogen (secondary N) is 2. The molecule has 0 aliphatic carbocycles. The van der Waals surface area contributed by atoms with E-state index in [9.17, 15) is 14.9 Å². The normalized spacial score (nSPS) is 13.8. The van der Waals surface area contributed by atoms with Crippen molar-refractivity contribution >= 4 is 17.3 Å². The zero-order chi connectivity index (χ0) is 20.1. The molecule has 1 unspecified atom stereocenters. The second-order valence-corrected chi connectivity index (χ2v) is 6.55. The summed E-state index contributed by atoms with van der Waals surface area (Å²) in [5, 5.41) is 14.0. The summed E-state index contributed by atoms with van der Waals surface area (Å²) in [4.78, 5) is 23.9. The lowest BCUT2D eigenvalue weighted by molar-refractivity contribution is -0.885. The zero-order valence-corrected chi connectivity index (χ0v) is 15.7. The van der Waals surface area contributed by atoms with E-state index in [-0.39, 0.29) is 31.5 Å². The van der Waals surface area contributed by atoms with Crippen molar-refractivity contribution in [1.29, 1.82) is 0 Å². The molecule has 0 fully saturated rings. The number of ether oxygens (including phenoxy) is 3. The Morgan fingerprint density at radius 3 is 2.75 bits per heavy atom. The largest absolute Gasteiger partial charge is 0.497 e. The molecule has 2 N–H and O–H groups in total. The number of nitro benzene ring substituents is 1. The molecule has 1 aliphatic heterocycles. The van der Waals surface area contributed by atoms with Crippen LogP contribution in [0.15, 0.2) is 36.4 Å². The minimum atomic E-state index is -0.440. The number of likely N-dealkylation sites (N-methyl/N-ethyl adjacent to an activating group) is 1. The van der Waals surface area contributed by atoms with Crippen molar-refractivity contribution in [2.45, 2.75) is 13.2 Å². The lowest BCUT2D eigenvalue weighted by Gasteiger charge is -2.22. The maximum Gasteiger partial charge on any atom is 0.279 e. The average molecular weight is 388 g/mol. The van der Waals surface area contributed by atoms with Crippen molar-refractivity contribution in [1.82, 2.24) is 0 Å². The van der Waals surface area contributed by atoms with Crippen LogP contribution in [0, 0.1) is 10.1 Å². The number of nitrogens with zero attached hydrogens (tertiary/aromatic N) is 1. The van der Waals surface area contributed by atoms with Gasteiger partial charge in [-0.05, 0) is 24.3 Å². The molecule has 9 heteroatoms. The Balaban J connectivity index is 1.66. The summed E-state index contributed by atoms with van der Waals surface area (Å²) in [6.45, 7) is 0.968. The van der Waals surface area contributed by atoms with Crippen molar-refractivity contribution in [3.63, 3.8) is 0 Å². The highest BCUT2D eigenvalue weighted by molar-refractivity contribution is 5.91. The summed E-state index contributed by atoms with van der Waals surface area (Å²) < 4.78 is 15.8. The minimum Gasteiger partial charge on any atom is -0.497 e. The van der Waals surface area contributed by atoms with Gasteiger partial charge in [-0.15, -0.1) is 0 Å². The molecule has 9 nitrogen and oxygen atoms in total. The first kappa shape index (κ1) is 19.6. The van der Waals surface area contributed by atoms with Crippen molar-refractivity contribution in [3.05, 3.63) is 57.6 Å². The van der Waals surface area contributed by atoms with Crippen LogP contribution in [0.25, 0.3) is 0 Å². The molecule has 0 saturated carbocycles. The number of amides is 1. The van der Waals surface area contributed by atoms with Crippen LogP contribution in [0.5, 0.6) is 11.5 Å². The molecule has 148 valence electrons. The van der Waals surface area contributed by atoms with Crippen LogP contribution < -0.4 is 19.7 Å². The fraction of sp³-hybridized carbons (Fsp3) is 0.316. The lowest BCUT2D eigenvalue weighted by atomic mass is 10.1. The number of hydrogen-bond acceptors (Lipinski definition) is 6. The summed E-state index contributed by atoms with van der Waals surface area (Å²) in [5.74, 6) is 1.15. The first-order valence-electron chi connectivity index (χ1n) is 8.72. The predicted molar refractivity (Wildman–Crippen MR) is 100 cm³/mol. The van der Waals surface area contributed by atoms with E-state index >= 15 is 0 Å². The van der Waals surface area contributed by atoms with Crippen molar-refractivity contribution in [2.24, 2.45) is 0 Å². The zero-order valence-electron chi connectivity index (χ0n) is 15.7. The average Bonchev–Trinajstić information content (AvgIpc) is 2.68. The molecular formula is C19H22N3O6+. The van der Waals surface area contributed by atoms with Crippen LogP contribution in [-0.4, -0.2) is 38.3 Å². The van der Waals surface area contributed by atoms with E-state index in [4.69, 9.17) is 14.2 Å². The molecule has 0 radical (unpaired) electrons. The molecule has 28 heavy (non-hydrogen) atoms. The summed E-state index contributed by atoms with van der Waals surface area (Å²) in [7, 11) is 3.42. The van der Waals surface area contributed by atoms with Crippen LogP contribution >= 0.6 is 0 Å². The van der Waals surface area contributed by atoms with Gasteiger partial charge in [-0.2, -0.15) is 0 Å². The third-order valence-corrected chi connectivity index (χ3v) is 4.31. The van der Waals surface area contributed by atoms with Crippen LogP contribution in [0.4, 0.5) is 11.4 Å². The van der Waals surface area contributed by atoms with Crippen LogP contribution in [0.2, 0.25) is 0 Å². The van der Waals surface area contributed by atoms with Gasteiger partial charge in [0.25, 0.3) is 11.6 Å². The van der Waals surface area contributed by atoms with Gasteiger partial charge in [0.1, 0.15) is 18.0 Å². The molecule has 1 atom stereocenters. The van der Waals surface area contributed by atoms with E-state index in [1.165, 1.54) is 12.1 Å². The number of hydrogen-bond donors (Lipinski definition) is 2. The molecule has 2 aromatic rings. The Morgan fingerprint density at radius 1 is 1.32 bits per heavy atom. The van der Waals surface area contributed by atoms with E-state index in [1.807, 2.05) is 7.05 Å². The highest BCUT2D eigenvalue weighted by Crippen LogP contribution is 2.32. The second kappa shape index (κ2) is 8.68. The number of fused-ring (bicyclic) bond motifs is 1. The van der Waals surface area contributed by atoms with E-state index < -0.39 is 4.92 Å². The Hall–Kier alpha value is -3.17. The van der Waals surface area contributed by atoms with Gasteiger partial charge in [-0.25, -0.2) is 0 Å². The number of methoxy groups -OCH3 is 1. The van der Waals surface area contributed by atoms with Gasteiger partial charge in [-0.1, -0.05) is 0 Å². The number of non-ortho nitro benzene ring substituents is 1. The first-order chi connectivity index (χ1) is 13.5. The van der Waals surface area contributed by atoms with E-state index in [1.54, 1.807) is 31.4 Å². The van der Waals surface area contributed by atoms with Gasteiger partial charge < -0.3 is 24.4 Å². The second-order valence-electron chi connectivity index (χ2n) is 6.55. The molecule has 0 bridgehead atoms. The third kappa shape index (κ3) is 4.76. The first-order valence-corrected chi connectivity index (χ1v) is 8.72. The predicted octanol–water partition coefficient (Wildman–Crippen LogP) is 1.12. The molecule has 1 heterocycles. The summed E-state index contributed by atoms with van der Waals surface area (Å²) >= 11 is 0. The SMILES string of the molecule is COc1ccc(NC(=O)C[NH+](C)Cc2cc([N+](=O)[O-])cc3c2OCOC3)cc1.